The average Bonchev–Trinajstić information content (AvgIpc) is 2.97. The standard InChI is InChI=1S/C17H21N5O2S.2ClH/c18-12-14-4-3-5-19-16(14)21-10-8-20(9-11-21)6-1-2-7-22-15(23)13-25-17(22)24;;/h3-5H,1-2,6-11,13H2;2*1H. The van der Waals surface area contributed by atoms with Crippen LogP contribution < -0.4 is 4.90 Å². The lowest BCUT2D eigenvalue weighted by Crippen LogP contribution is -2.47. The van der Waals surface area contributed by atoms with Gasteiger partial charge < -0.3 is 4.90 Å². The molecule has 0 bridgehead atoms. The first-order chi connectivity index (χ1) is 12.2. The van der Waals surface area contributed by atoms with Crippen LogP contribution in [0.3, 0.4) is 0 Å². The Hall–Kier alpha value is -1.53. The molecule has 0 spiro atoms. The predicted octanol–water partition coefficient (Wildman–Crippen LogP) is 2.39. The number of pyridine rings is 1. The van der Waals surface area contributed by atoms with Crippen LogP contribution in [-0.4, -0.2) is 71.0 Å². The third-order valence-corrected chi connectivity index (χ3v) is 5.38. The first kappa shape index (κ1) is 23.5. The maximum Gasteiger partial charge on any atom is 0.288 e. The summed E-state index contributed by atoms with van der Waals surface area (Å²) in [5.74, 6) is 0.999. The van der Waals surface area contributed by atoms with E-state index in [1.165, 1.54) is 4.90 Å². The number of aromatic nitrogens is 1. The van der Waals surface area contributed by atoms with Gasteiger partial charge in [0.1, 0.15) is 11.9 Å². The molecule has 2 amide bonds. The van der Waals surface area contributed by atoms with Gasteiger partial charge in [0.2, 0.25) is 5.91 Å². The largest absolute Gasteiger partial charge is 0.353 e. The number of hydrogen-bond acceptors (Lipinski definition) is 7. The Morgan fingerprint density at radius 3 is 2.44 bits per heavy atom. The maximum atomic E-state index is 11.5. The minimum absolute atomic E-state index is 0. The molecule has 7 nitrogen and oxygen atoms in total. The van der Waals surface area contributed by atoms with Crippen LogP contribution in [0.5, 0.6) is 0 Å². The van der Waals surface area contributed by atoms with Crippen molar-refractivity contribution in [3.63, 3.8) is 0 Å². The lowest BCUT2D eigenvalue weighted by molar-refractivity contribution is -0.124. The van der Waals surface area contributed by atoms with Crippen LogP contribution in [0, 0.1) is 11.3 Å². The van der Waals surface area contributed by atoms with Gasteiger partial charge >= 0.3 is 0 Å². The van der Waals surface area contributed by atoms with E-state index in [0.717, 1.165) is 63.1 Å². The van der Waals surface area contributed by atoms with Crippen molar-refractivity contribution in [1.29, 1.82) is 5.26 Å². The summed E-state index contributed by atoms with van der Waals surface area (Å²) in [7, 11) is 0. The summed E-state index contributed by atoms with van der Waals surface area (Å²) in [6.45, 7) is 5.06. The fraction of sp³-hybridized carbons (Fsp3) is 0.529. The first-order valence-corrected chi connectivity index (χ1v) is 9.47. The number of imide groups is 1. The maximum absolute atomic E-state index is 11.5. The molecule has 2 aliphatic rings. The van der Waals surface area contributed by atoms with Crippen LogP contribution >= 0.6 is 36.6 Å². The predicted molar refractivity (Wildman–Crippen MR) is 111 cm³/mol. The lowest BCUT2D eigenvalue weighted by atomic mass is 10.2. The highest BCUT2D eigenvalue weighted by Gasteiger charge is 2.29. The molecule has 3 rings (SSSR count). The molecule has 148 valence electrons. The van der Waals surface area contributed by atoms with Crippen LogP contribution in [0.1, 0.15) is 18.4 Å². The summed E-state index contributed by atoms with van der Waals surface area (Å²) in [4.78, 5) is 33.3. The van der Waals surface area contributed by atoms with Crippen molar-refractivity contribution < 1.29 is 9.59 Å². The second-order valence-electron chi connectivity index (χ2n) is 6.12. The van der Waals surface area contributed by atoms with Gasteiger partial charge in [0, 0.05) is 38.9 Å². The Morgan fingerprint density at radius 2 is 1.81 bits per heavy atom. The zero-order valence-corrected chi connectivity index (χ0v) is 17.3. The fourth-order valence-electron chi connectivity index (χ4n) is 3.12. The number of nitriles is 1. The smallest absolute Gasteiger partial charge is 0.288 e. The van der Waals surface area contributed by atoms with E-state index < -0.39 is 0 Å². The van der Waals surface area contributed by atoms with Gasteiger partial charge in [-0.15, -0.1) is 24.8 Å². The third kappa shape index (κ3) is 5.98. The molecule has 0 radical (unpaired) electrons. The zero-order chi connectivity index (χ0) is 17.6. The van der Waals surface area contributed by atoms with Crippen LogP contribution in [0.15, 0.2) is 18.3 Å². The third-order valence-electron chi connectivity index (χ3n) is 4.53. The quantitative estimate of drug-likeness (QED) is 0.639. The first-order valence-electron chi connectivity index (χ1n) is 8.48. The molecule has 0 aromatic carbocycles. The molecule has 10 heteroatoms. The summed E-state index contributed by atoms with van der Waals surface area (Å²) in [6, 6.07) is 5.78. The number of unbranched alkanes of at least 4 members (excludes halogenated alkanes) is 1. The van der Waals surface area contributed by atoms with Gasteiger partial charge in [0.25, 0.3) is 5.24 Å². The van der Waals surface area contributed by atoms with Crippen molar-refractivity contribution >= 4 is 53.5 Å². The molecule has 2 fully saturated rings. The molecule has 3 heterocycles. The summed E-state index contributed by atoms with van der Waals surface area (Å²) >= 11 is 1.09. The van der Waals surface area contributed by atoms with Crippen LogP contribution in [-0.2, 0) is 4.79 Å². The molecule has 0 aliphatic carbocycles. The summed E-state index contributed by atoms with van der Waals surface area (Å²) in [5, 5.41) is 9.08. The molecule has 2 aliphatic heterocycles. The number of nitrogens with zero attached hydrogens (tertiary/aromatic N) is 5. The van der Waals surface area contributed by atoms with Gasteiger partial charge in [-0.1, -0.05) is 11.8 Å². The fourth-order valence-corrected chi connectivity index (χ4v) is 3.87. The minimum atomic E-state index is -0.109. The van der Waals surface area contributed by atoms with Gasteiger partial charge in [-0.05, 0) is 31.5 Å². The van der Waals surface area contributed by atoms with Crippen molar-refractivity contribution in [3.8, 4) is 6.07 Å². The number of piperazine rings is 1. The summed E-state index contributed by atoms with van der Waals surface area (Å²) < 4.78 is 0. The van der Waals surface area contributed by atoms with Crippen molar-refractivity contribution in [1.82, 2.24) is 14.8 Å². The van der Waals surface area contributed by atoms with E-state index in [-0.39, 0.29) is 36.0 Å². The summed E-state index contributed by atoms with van der Waals surface area (Å²) in [5.41, 5.74) is 0.619. The van der Waals surface area contributed by atoms with Crippen molar-refractivity contribution in [2.75, 3.05) is 49.9 Å². The second-order valence-corrected chi connectivity index (χ2v) is 7.05. The SMILES string of the molecule is Cl.Cl.N#Cc1cccnc1N1CCN(CCCCN2C(=O)CSC2=O)CC1. The van der Waals surface area contributed by atoms with Crippen molar-refractivity contribution in [2.45, 2.75) is 12.8 Å². The highest BCUT2D eigenvalue weighted by Crippen LogP contribution is 2.20. The van der Waals surface area contributed by atoms with Crippen molar-refractivity contribution in [2.24, 2.45) is 0 Å². The average molecular weight is 432 g/mol. The number of carbonyl (C=O) groups is 2. The topological polar surface area (TPSA) is 80.5 Å². The molecule has 0 atom stereocenters. The number of thioether (sulfide) groups is 1. The second kappa shape index (κ2) is 11.3. The van der Waals surface area contributed by atoms with E-state index in [9.17, 15) is 14.9 Å². The van der Waals surface area contributed by atoms with Crippen molar-refractivity contribution in [3.05, 3.63) is 23.9 Å². The monoisotopic (exact) mass is 431 g/mol. The Kier molecular flexibility index (Phi) is 9.88. The number of halogens is 2. The Labute approximate surface area is 175 Å². The molecule has 2 saturated heterocycles. The van der Waals surface area contributed by atoms with E-state index in [4.69, 9.17) is 0 Å². The highest BCUT2D eigenvalue weighted by molar-refractivity contribution is 8.14. The van der Waals surface area contributed by atoms with Gasteiger partial charge in [-0.2, -0.15) is 5.26 Å². The molecule has 1 aromatic heterocycles. The number of rotatable bonds is 6. The van der Waals surface area contributed by atoms with Crippen LogP contribution in [0.25, 0.3) is 0 Å². The van der Waals surface area contributed by atoms with E-state index in [1.807, 2.05) is 0 Å². The van der Waals surface area contributed by atoms with Gasteiger partial charge in [0.15, 0.2) is 0 Å². The molecular formula is C17H23Cl2N5O2S. The molecular weight excluding hydrogens is 409 g/mol. The highest BCUT2D eigenvalue weighted by atomic mass is 35.5. The molecule has 0 saturated carbocycles. The van der Waals surface area contributed by atoms with E-state index in [1.54, 1.807) is 18.3 Å². The minimum Gasteiger partial charge on any atom is -0.353 e. The van der Waals surface area contributed by atoms with Crippen LogP contribution in [0.2, 0.25) is 0 Å². The van der Waals surface area contributed by atoms with Gasteiger partial charge in [-0.25, -0.2) is 4.98 Å². The summed E-state index contributed by atoms with van der Waals surface area (Å²) in [6.07, 6.45) is 3.54. The Morgan fingerprint density at radius 1 is 1.11 bits per heavy atom. The van der Waals surface area contributed by atoms with E-state index >= 15 is 0 Å². The van der Waals surface area contributed by atoms with Crippen LogP contribution in [0.4, 0.5) is 10.6 Å². The molecule has 0 N–H and O–H groups in total. The van der Waals surface area contributed by atoms with Gasteiger partial charge in [-0.3, -0.25) is 19.4 Å². The van der Waals surface area contributed by atoms with E-state index in [2.05, 4.69) is 20.9 Å². The number of anilines is 1. The van der Waals surface area contributed by atoms with E-state index in [0.29, 0.717) is 17.9 Å². The lowest BCUT2D eigenvalue weighted by Gasteiger charge is -2.35. The number of amides is 2. The normalized spacial score (nSPS) is 17.3. The Bertz CT molecular complexity index is 676. The number of carbonyl (C=O) groups excluding carboxylic acids is 2. The Balaban J connectivity index is 0.00000182. The molecule has 1 aromatic rings. The van der Waals surface area contributed by atoms with Gasteiger partial charge in [0.05, 0.1) is 11.3 Å². The zero-order valence-electron chi connectivity index (χ0n) is 14.9. The number of hydrogen-bond donors (Lipinski definition) is 0. The molecule has 0 unspecified atom stereocenters. The molecule has 27 heavy (non-hydrogen) atoms.